The van der Waals surface area contributed by atoms with Gasteiger partial charge in [0.25, 0.3) is 0 Å². The topological polar surface area (TPSA) is 286 Å². The normalized spacial score (nSPS) is 12.7. The predicted molar refractivity (Wildman–Crippen MR) is 260 cm³/mol. The molecule has 0 fully saturated rings. The summed E-state index contributed by atoms with van der Waals surface area (Å²) in [6.45, 7) is 24.8. The summed E-state index contributed by atoms with van der Waals surface area (Å²) in [5.41, 5.74) is 1.40. The third-order valence-corrected chi connectivity index (χ3v) is 13.3. The summed E-state index contributed by atoms with van der Waals surface area (Å²) in [6.07, 6.45) is 3.68. The Bertz CT molecular complexity index is 2590. The van der Waals surface area contributed by atoms with Crippen LogP contribution in [-0.4, -0.2) is 102 Å². The monoisotopic (exact) mass is 1120 g/mol. The van der Waals surface area contributed by atoms with E-state index in [1.54, 1.807) is 65.0 Å². The second-order valence-electron chi connectivity index (χ2n) is 17.2. The third-order valence-electron chi connectivity index (χ3n) is 10.8. The first-order valence-electron chi connectivity index (χ1n) is 22.2. The first-order chi connectivity index (χ1) is 32.8. The first kappa shape index (κ1) is 75.7. The number of benzene rings is 3. The van der Waals surface area contributed by atoms with Gasteiger partial charge in [-0.3, -0.25) is 9.59 Å². The minimum atomic E-state index is -4.53. The van der Waals surface area contributed by atoms with Gasteiger partial charge in [-0.2, -0.15) is 0 Å². The maximum atomic E-state index is 12.9. The van der Waals surface area contributed by atoms with Crippen LogP contribution in [0.25, 0.3) is 6.08 Å². The van der Waals surface area contributed by atoms with Crippen molar-refractivity contribution in [3.05, 3.63) is 120 Å². The van der Waals surface area contributed by atoms with E-state index in [9.17, 15) is 58.1 Å². The van der Waals surface area contributed by atoms with Gasteiger partial charge in [-0.15, -0.1) is 0 Å². The number of esters is 4. The molecule has 0 aliphatic rings. The average Bonchev–Trinajstić information content (AvgIpc) is 3.30. The molecule has 0 saturated heterocycles. The Morgan fingerprint density at radius 1 is 0.568 bits per heavy atom. The van der Waals surface area contributed by atoms with Gasteiger partial charge in [0.2, 0.25) is 0 Å². The van der Waals surface area contributed by atoms with Gasteiger partial charge in [0.15, 0.2) is 0 Å². The molecule has 0 spiro atoms. The van der Waals surface area contributed by atoms with Crippen LogP contribution in [0.1, 0.15) is 110 Å². The van der Waals surface area contributed by atoms with E-state index in [2.05, 4.69) is 29.2 Å². The molecule has 0 aromatic heterocycles. The van der Waals surface area contributed by atoms with Crippen molar-refractivity contribution < 1.29 is 170 Å². The number of ether oxygens (including phenoxy) is 5. The fourth-order valence-corrected chi connectivity index (χ4v) is 7.78. The van der Waals surface area contributed by atoms with Gasteiger partial charge in [-0.25, -0.2) is 34.8 Å². The summed E-state index contributed by atoms with van der Waals surface area (Å²) in [7, 11) is -13.4. The molecule has 0 bridgehead atoms. The zero-order valence-electron chi connectivity index (χ0n) is 44.4. The smallest absolute Gasteiger partial charge is 0.744 e. The maximum Gasteiger partial charge on any atom is 1.00 e. The summed E-state index contributed by atoms with van der Waals surface area (Å²) in [5, 5.41) is 0. The van der Waals surface area contributed by atoms with Crippen LogP contribution in [0.2, 0.25) is 0 Å². The fourth-order valence-electron chi connectivity index (χ4n) is 6.38. The molecule has 74 heavy (non-hydrogen) atoms. The van der Waals surface area contributed by atoms with Crippen molar-refractivity contribution >= 4 is 60.3 Å². The molecule has 3 aromatic rings. The molecule has 0 aliphatic heterocycles. The first-order valence-corrected chi connectivity index (χ1v) is 26.4. The summed E-state index contributed by atoms with van der Waals surface area (Å²) >= 11 is 0. The van der Waals surface area contributed by atoms with Crippen LogP contribution < -0.4 is 88.7 Å². The standard InChI is InChI=1S/C32H46O11S2.C10H14O4.C8H8O3S.3Na/c1-7-24(26-11-15-28(16-12-26)45(38,39)40)22-31(4,5)29(33)42-19-17-41-18-20-43-30(34)32(6,8-2)21-23(3)25-9-13-27(14-10-25)44(35,36)37;1-7(2)9(11)13-5-6-14-10(12)8(3)4;1-2-7-3-5-8(6-4-7)12(9,10)11;;;/h9-16,23-24H,7-8,17-22H2,1-6H3,(H,35,36,37)(H,38,39,40);1,3,5-6H2,2,4H3;2-6H,1H2,(H,9,10,11);;;/q;;;3*+1/p-3. The molecule has 3 unspecified atom stereocenters. The Balaban J connectivity index is -0.00000142. The van der Waals surface area contributed by atoms with E-state index < -0.39 is 59.1 Å². The number of hydrogen-bond acceptors (Lipinski definition) is 18. The van der Waals surface area contributed by atoms with Crippen LogP contribution >= 0.6 is 0 Å². The van der Waals surface area contributed by atoms with Crippen LogP contribution in [0.5, 0.6) is 0 Å². The molecule has 0 saturated carbocycles. The van der Waals surface area contributed by atoms with E-state index in [1.165, 1.54) is 48.5 Å². The van der Waals surface area contributed by atoms with Crippen molar-refractivity contribution in [2.45, 2.75) is 108 Å². The molecule has 0 heterocycles. The van der Waals surface area contributed by atoms with Crippen molar-refractivity contribution in [1.29, 1.82) is 0 Å². The van der Waals surface area contributed by atoms with Gasteiger partial charge in [0.05, 0.1) is 38.7 Å². The van der Waals surface area contributed by atoms with E-state index in [0.29, 0.717) is 36.8 Å². The minimum absolute atomic E-state index is 0. The molecule has 0 amide bonds. The molecular weight excluding hydrogens is 1050 g/mol. The van der Waals surface area contributed by atoms with E-state index in [-0.39, 0.29) is 161 Å². The zero-order valence-corrected chi connectivity index (χ0v) is 52.9. The second-order valence-corrected chi connectivity index (χ2v) is 21.3. The van der Waals surface area contributed by atoms with Crippen molar-refractivity contribution in [1.82, 2.24) is 0 Å². The average molecular weight is 1120 g/mol. The number of carbonyl (C=O) groups excluding carboxylic acids is 4. The molecule has 0 N–H and O–H groups in total. The van der Waals surface area contributed by atoms with Crippen LogP contribution in [0.3, 0.4) is 0 Å². The summed E-state index contributed by atoms with van der Waals surface area (Å²) in [4.78, 5) is 46.6. The van der Waals surface area contributed by atoms with Gasteiger partial charge < -0.3 is 37.3 Å². The van der Waals surface area contributed by atoms with Crippen molar-refractivity contribution in [2.75, 3.05) is 39.6 Å². The number of hydrogen-bond donors (Lipinski definition) is 0. The predicted octanol–water partition coefficient (Wildman–Crippen LogP) is -1.41. The Labute approximate surface area is 504 Å². The van der Waals surface area contributed by atoms with E-state index >= 15 is 0 Å². The SMILES string of the molecule is C=C(C)C(=O)OCCOC(=O)C(=C)C.C=Cc1ccc(S(=O)(=O)[O-])cc1.CCC(CC(C)(C)C(=O)OCCOCCOC(=O)C(C)(CC)CC(C)c1ccc(S(=O)(=O)[O-])cc1)c1ccc(S(=O)(=O)[O-])cc1.[Na+].[Na+].[Na+]. The summed E-state index contributed by atoms with van der Waals surface area (Å²) in [6, 6.07) is 17.0. The van der Waals surface area contributed by atoms with E-state index in [4.69, 9.17) is 14.2 Å². The summed E-state index contributed by atoms with van der Waals surface area (Å²) in [5.74, 6) is -1.93. The number of rotatable bonds is 25. The fraction of sp³-hybridized carbons (Fsp3) is 0.440. The minimum Gasteiger partial charge on any atom is -0.744 e. The molecule has 0 radical (unpaired) electrons. The van der Waals surface area contributed by atoms with Gasteiger partial charge in [-0.1, -0.05) is 83.0 Å². The second kappa shape index (κ2) is 35.8. The quantitative estimate of drug-likeness (QED) is 0.0235. The number of carbonyl (C=O) groups is 4. The van der Waals surface area contributed by atoms with Crippen LogP contribution in [0.15, 0.2) is 118 Å². The molecule has 18 nitrogen and oxygen atoms in total. The molecular formula is C50H65Na3O18S3. The Kier molecular flexibility index (Phi) is 36.6. The molecule has 3 aromatic carbocycles. The van der Waals surface area contributed by atoms with Gasteiger partial charge in [0, 0.05) is 11.1 Å². The zero-order chi connectivity index (χ0) is 54.4. The maximum absolute atomic E-state index is 12.9. The molecule has 3 atom stereocenters. The Morgan fingerprint density at radius 2 is 0.919 bits per heavy atom. The van der Waals surface area contributed by atoms with Crippen molar-refractivity contribution in [3.8, 4) is 0 Å². The van der Waals surface area contributed by atoms with Crippen molar-refractivity contribution in [3.63, 3.8) is 0 Å². The van der Waals surface area contributed by atoms with Gasteiger partial charge in [0.1, 0.15) is 56.8 Å². The molecule has 24 heteroatoms. The van der Waals surface area contributed by atoms with E-state index in [0.717, 1.165) is 16.7 Å². The third kappa shape index (κ3) is 28.2. The molecule has 0 aliphatic carbocycles. The molecule has 394 valence electrons. The molecule has 3 rings (SSSR count). The van der Waals surface area contributed by atoms with Gasteiger partial charge in [-0.05, 0) is 125 Å². The summed E-state index contributed by atoms with van der Waals surface area (Å²) < 4.78 is 124. The Morgan fingerprint density at radius 3 is 1.26 bits per heavy atom. The largest absolute Gasteiger partial charge is 1.00 e. The van der Waals surface area contributed by atoms with E-state index in [1.807, 2.05) is 20.8 Å². The van der Waals surface area contributed by atoms with Crippen LogP contribution in [0.4, 0.5) is 0 Å². The van der Waals surface area contributed by atoms with Crippen LogP contribution in [0, 0.1) is 10.8 Å². The van der Waals surface area contributed by atoms with Crippen LogP contribution in [-0.2, 0) is 73.2 Å². The Hall–Kier alpha value is -2.55. The van der Waals surface area contributed by atoms with Crippen molar-refractivity contribution in [2.24, 2.45) is 10.8 Å². The van der Waals surface area contributed by atoms with Gasteiger partial charge >= 0.3 is 113 Å².